The van der Waals surface area contributed by atoms with Gasteiger partial charge >= 0.3 is 0 Å². The zero-order valence-corrected chi connectivity index (χ0v) is 17.6. The summed E-state index contributed by atoms with van der Waals surface area (Å²) >= 11 is 0. The van der Waals surface area contributed by atoms with Gasteiger partial charge in [0.15, 0.2) is 0 Å². The average Bonchev–Trinajstić information content (AvgIpc) is 3.34. The van der Waals surface area contributed by atoms with Crippen LogP contribution in [0.2, 0.25) is 0 Å². The molecule has 0 amide bonds. The Hall–Kier alpha value is -1.90. The lowest BCUT2D eigenvalue weighted by atomic mass is 9.90. The summed E-state index contributed by atoms with van der Waals surface area (Å²) in [6, 6.07) is 20.5. The fourth-order valence-electron chi connectivity index (χ4n) is 5.62. The van der Waals surface area contributed by atoms with Gasteiger partial charge in [0.25, 0.3) is 0 Å². The Labute approximate surface area is 176 Å². The van der Waals surface area contributed by atoms with E-state index in [4.69, 9.17) is 0 Å². The first-order valence-corrected chi connectivity index (χ1v) is 11.6. The van der Waals surface area contributed by atoms with E-state index in [0.29, 0.717) is 0 Å². The minimum Gasteiger partial charge on any atom is -0.303 e. The van der Waals surface area contributed by atoms with Crippen molar-refractivity contribution in [1.29, 1.82) is 0 Å². The number of hydrogen-bond donors (Lipinski definition) is 0. The van der Waals surface area contributed by atoms with E-state index in [1.54, 1.807) is 5.57 Å². The Morgan fingerprint density at radius 3 is 2.34 bits per heavy atom. The molecule has 2 nitrogen and oxygen atoms in total. The molecule has 2 heterocycles. The van der Waals surface area contributed by atoms with E-state index in [2.05, 4.69) is 70.5 Å². The van der Waals surface area contributed by atoms with Gasteiger partial charge in [-0.1, -0.05) is 67.1 Å². The molecular formula is C27H34N2. The topological polar surface area (TPSA) is 6.48 Å². The van der Waals surface area contributed by atoms with E-state index in [1.165, 1.54) is 81.5 Å². The van der Waals surface area contributed by atoms with Crippen LogP contribution in [0.3, 0.4) is 0 Å². The van der Waals surface area contributed by atoms with Crippen molar-refractivity contribution < 1.29 is 0 Å². The zero-order valence-electron chi connectivity index (χ0n) is 17.6. The lowest BCUT2D eigenvalue weighted by Gasteiger charge is -2.26. The summed E-state index contributed by atoms with van der Waals surface area (Å²) in [5, 5.41) is 0. The Morgan fingerprint density at radius 1 is 0.759 bits per heavy atom. The Morgan fingerprint density at radius 2 is 1.55 bits per heavy atom. The highest BCUT2D eigenvalue weighted by molar-refractivity contribution is 5.70. The number of fused-ring (bicyclic) bond motifs is 1. The maximum Gasteiger partial charge on any atom is 0.0234 e. The molecule has 0 aromatic heterocycles. The maximum atomic E-state index is 2.66. The van der Waals surface area contributed by atoms with Crippen LogP contribution in [-0.2, 0) is 13.0 Å². The molecule has 2 aromatic carbocycles. The summed E-state index contributed by atoms with van der Waals surface area (Å²) in [4.78, 5) is 5.30. The van der Waals surface area contributed by atoms with E-state index in [0.717, 1.165) is 18.4 Å². The van der Waals surface area contributed by atoms with Gasteiger partial charge in [-0.15, -0.1) is 0 Å². The molecule has 2 atom stereocenters. The average molecular weight is 387 g/mol. The van der Waals surface area contributed by atoms with Crippen LogP contribution in [-0.4, -0.2) is 42.5 Å². The number of rotatable bonds is 6. The number of nitrogens with zero attached hydrogens (tertiary/aromatic N) is 2. The second-order valence-electron chi connectivity index (χ2n) is 9.29. The molecule has 0 bridgehead atoms. The summed E-state index contributed by atoms with van der Waals surface area (Å²) in [7, 11) is 0. The van der Waals surface area contributed by atoms with Crippen molar-refractivity contribution in [2.45, 2.75) is 38.6 Å². The van der Waals surface area contributed by atoms with Crippen LogP contribution in [0.15, 0.2) is 60.7 Å². The fourth-order valence-corrected chi connectivity index (χ4v) is 5.62. The standard InChI is InChI=1S/C27H34N2/c1-3-7-23(8-4-1)19-29-20-25-13-14-26(27(25)21-29)24-11-9-22(10-12-24)15-18-28-16-5-2-6-17-28/h1,3-4,7-12,14,25,27H,2,5-6,13,15-21H2. The van der Waals surface area contributed by atoms with Crippen molar-refractivity contribution in [3.8, 4) is 0 Å². The first-order chi connectivity index (χ1) is 14.3. The number of benzene rings is 2. The van der Waals surface area contributed by atoms with E-state index in [1.807, 2.05) is 0 Å². The van der Waals surface area contributed by atoms with Crippen LogP contribution in [0.25, 0.3) is 5.57 Å². The van der Waals surface area contributed by atoms with Gasteiger partial charge in [0.1, 0.15) is 0 Å². The minimum atomic E-state index is 0.720. The van der Waals surface area contributed by atoms with Crippen molar-refractivity contribution >= 4 is 5.57 Å². The van der Waals surface area contributed by atoms with Crippen molar-refractivity contribution in [2.24, 2.45) is 11.8 Å². The summed E-state index contributed by atoms with van der Waals surface area (Å²) < 4.78 is 0. The second-order valence-corrected chi connectivity index (χ2v) is 9.29. The smallest absolute Gasteiger partial charge is 0.0234 e. The predicted octanol–water partition coefficient (Wildman–Crippen LogP) is 5.25. The van der Waals surface area contributed by atoms with Crippen molar-refractivity contribution in [1.82, 2.24) is 9.80 Å². The monoisotopic (exact) mass is 386 g/mol. The molecule has 2 unspecified atom stereocenters. The van der Waals surface area contributed by atoms with Gasteiger partial charge in [-0.25, -0.2) is 0 Å². The third kappa shape index (κ3) is 4.49. The van der Waals surface area contributed by atoms with Gasteiger partial charge in [0.05, 0.1) is 0 Å². The molecule has 5 rings (SSSR count). The fraction of sp³-hybridized carbons (Fsp3) is 0.481. The molecule has 2 fully saturated rings. The van der Waals surface area contributed by atoms with Crippen LogP contribution in [0, 0.1) is 11.8 Å². The molecule has 152 valence electrons. The lowest BCUT2D eigenvalue weighted by molar-refractivity contribution is 0.231. The van der Waals surface area contributed by atoms with Gasteiger partial charge in [-0.05, 0) is 67.0 Å². The van der Waals surface area contributed by atoms with Crippen LogP contribution >= 0.6 is 0 Å². The normalized spacial score (nSPS) is 25.2. The lowest BCUT2D eigenvalue weighted by Crippen LogP contribution is -2.31. The third-order valence-electron chi connectivity index (χ3n) is 7.26. The first kappa shape index (κ1) is 19.1. The van der Waals surface area contributed by atoms with E-state index >= 15 is 0 Å². The quantitative estimate of drug-likeness (QED) is 0.669. The van der Waals surface area contributed by atoms with Gasteiger partial charge < -0.3 is 4.90 Å². The molecule has 2 aromatic rings. The molecule has 0 N–H and O–H groups in total. The Bertz CT molecular complexity index is 817. The Kier molecular flexibility index (Phi) is 5.83. The van der Waals surface area contributed by atoms with E-state index < -0.39 is 0 Å². The summed E-state index contributed by atoms with van der Waals surface area (Å²) in [6.45, 7) is 7.37. The van der Waals surface area contributed by atoms with Crippen LogP contribution < -0.4 is 0 Å². The van der Waals surface area contributed by atoms with Crippen molar-refractivity contribution in [2.75, 3.05) is 32.7 Å². The van der Waals surface area contributed by atoms with Gasteiger partial charge in [-0.3, -0.25) is 4.90 Å². The number of allylic oxidation sites excluding steroid dienone is 1. The van der Waals surface area contributed by atoms with Crippen LogP contribution in [0.4, 0.5) is 0 Å². The number of likely N-dealkylation sites (tertiary alicyclic amines) is 2. The van der Waals surface area contributed by atoms with E-state index in [-0.39, 0.29) is 0 Å². The molecule has 2 saturated heterocycles. The molecule has 29 heavy (non-hydrogen) atoms. The van der Waals surface area contributed by atoms with Gasteiger partial charge in [-0.2, -0.15) is 0 Å². The summed E-state index contributed by atoms with van der Waals surface area (Å²) in [5.41, 5.74) is 6.00. The molecule has 0 spiro atoms. The van der Waals surface area contributed by atoms with Crippen molar-refractivity contribution in [3.63, 3.8) is 0 Å². The largest absolute Gasteiger partial charge is 0.303 e. The Balaban J connectivity index is 1.18. The molecule has 2 aliphatic heterocycles. The molecule has 3 aliphatic rings. The highest BCUT2D eigenvalue weighted by atomic mass is 15.2. The molecule has 2 heteroatoms. The highest BCUT2D eigenvalue weighted by Crippen LogP contribution is 2.43. The summed E-state index contributed by atoms with van der Waals surface area (Å²) in [6.07, 6.45) is 9.16. The third-order valence-corrected chi connectivity index (χ3v) is 7.26. The highest BCUT2D eigenvalue weighted by Gasteiger charge is 2.38. The first-order valence-electron chi connectivity index (χ1n) is 11.6. The number of hydrogen-bond acceptors (Lipinski definition) is 2. The molecule has 0 radical (unpaired) electrons. The predicted molar refractivity (Wildman–Crippen MR) is 122 cm³/mol. The van der Waals surface area contributed by atoms with E-state index in [9.17, 15) is 0 Å². The summed E-state index contributed by atoms with van der Waals surface area (Å²) in [5.74, 6) is 1.53. The number of piperidine rings is 1. The maximum absolute atomic E-state index is 2.66. The SMILES string of the molecule is C1=C(c2ccc(CCN3CCCCC3)cc2)C2CN(Cc3ccccc3)CC2C1. The van der Waals surface area contributed by atoms with Gasteiger partial charge in [0, 0.05) is 32.1 Å². The zero-order chi connectivity index (χ0) is 19.5. The van der Waals surface area contributed by atoms with Crippen LogP contribution in [0.1, 0.15) is 42.4 Å². The molecule has 1 aliphatic carbocycles. The molecular weight excluding hydrogens is 352 g/mol. The minimum absolute atomic E-state index is 0.720. The van der Waals surface area contributed by atoms with Crippen molar-refractivity contribution in [3.05, 3.63) is 77.4 Å². The second kappa shape index (κ2) is 8.85. The van der Waals surface area contributed by atoms with Gasteiger partial charge in [0.2, 0.25) is 0 Å². The molecule has 0 saturated carbocycles. The van der Waals surface area contributed by atoms with Crippen LogP contribution in [0.5, 0.6) is 0 Å².